The van der Waals surface area contributed by atoms with E-state index in [-0.39, 0.29) is 11.7 Å². The van der Waals surface area contributed by atoms with Gasteiger partial charge in [0.2, 0.25) is 5.84 Å². The summed E-state index contributed by atoms with van der Waals surface area (Å²) in [4.78, 5) is 24.1. The summed E-state index contributed by atoms with van der Waals surface area (Å²) in [6, 6.07) is 0. The van der Waals surface area contributed by atoms with Crippen LogP contribution in [0.2, 0.25) is 0 Å². The summed E-state index contributed by atoms with van der Waals surface area (Å²) in [7, 11) is 0. The van der Waals surface area contributed by atoms with E-state index in [1.54, 1.807) is 0 Å². The lowest BCUT2D eigenvalue weighted by Crippen LogP contribution is -2.30. The first kappa shape index (κ1) is 8.05. The van der Waals surface area contributed by atoms with Crippen molar-refractivity contribution in [1.29, 1.82) is 0 Å². The quantitative estimate of drug-likeness (QED) is 0.428. The molecule has 0 aromatic rings. The van der Waals surface area contributed by atoms with E-state index in [9.17, 15) is 9.59 Å². The second kappa shape index (κ2) is 2.53. The van der Waals surface area contributed by atoms with Crippen molar-refractivity contribution in [2.24, 2.45) is 16.5 Å². The Balaban J connectivity index is 2.87. The average molecular weight is 169 g/mol. The molecule has 1 heterocycles. The van der Waals surface area contributed by atoms with Crippen LogP contribution >= 0.6 is 0 Å². The van der Waals surface area contributed by atoms with Gasteiger partial charge in [-0.1, -0.05) is 0 Å². The van der Waals surface area contributed by atoms with E-state index in [1.807, 2.05) is 0 Å². The van der Waals surface area contributed by atoms with Crippen molar-refractivity contribution in [3.05, 3.63) is 11.5 Å². The van der Waals surface area contributed by atoms with E-state index in [4.69, 9.17) is 16.6 Å². The molecular weight excluding hydrogens is 164 g/mol. The number of nitrogens with zero attached hydrogens (tertiary/aromatic N) is 2. The predicted molar refractivity (Wildman–Crippen MR) is 37.6 cm³/mol. The normalized spacial score (nSPS) is 15.5. The summed E-state index contributed by atoms with van der Waals surface area (Å²) >= 11 is 0. The van der Waals surface area contributed by atoms with Crippen LogP contribution in [0.5, 0.6) is 0 Å². The molecule has 12 heavy (non-hydrogen) atoms. The van der Waals surface area contributed by atoms with Gasteiger partial charge in [-0.05, 0) is 0 Å². The Hall–Kier alpha value is -2.05. The molecule has 0 fully saturated rings. The standard InChI is InChI=1S/C5H5N4O3/c6-2-1(5(11)12)8-4(9-2)3(7)10/h6H2,(H2,7,10)(H,11,12). The highest BCUT2D eigenvalue weighted by Gasteiger charge is 2.25. The Kier molecular flexibility index (Phi) is 1.70. The van der Waals surface area contributed by atoms with Crippen molar-refractivity contribution in [2.75, 3.05) is 0 Å². The van der Waals surface area contributed by atoms with Crippen LogP contribution in [0.1, 0.15) is 0 Å². The Morgan fingerprint density at radius 2 is 2.00 bits per heavy atom. The Morgan fingerprint density at radius 3 is 2.25 bits per heavy atom. The molecule has 1 rings (SSSR count). The Bertz CT molecular complexity index is 317. The van der Waals surface area contributed by atoms with E-state index in [0.717, 1.165) is 0 Å². The zero-order valence-electron chi connectivity index (χ0n) is 5.81. The van der Waals surface area contributed by atoms with Crippen LogP contribution in [0, 0.1) is 0 Å². The fraction of sp³-hybridized carbons (Fsp3) is 0. The van der Waals surface area contributed by atoms with Gasteiger partial charge in [0.05, 0.1) is 0 Å². The van der Waals surface area contributed by atoms with Gasteiger partial charge >= 0.3 is 5.97 Å². The summed E-state index contributed by atoms with van der Waals surface area (Å²) in [6.45, 7) is 0. The summed E-state index contributed by atoms with van der Waals surface area (Å²) in [6.07, 6.45) is 0. The number of amidine groups is 1. The third kappa shape index (κ3) is 1.19. The monoisotopic (exact) mass is 169 g/mol. The van der Waals surface area contributed by atoms with Gasteiger partial charge in [0.1, 0.15) is 0 Å². The number of primary amides is 1. The highest BCUT2D eigenvalue weighted by Crippen LogP contribution is 2.06. The lowest BCUT2D eigenvalue weighted by Gasteiger charge is -1.93. The van der Waals surface area contributed by atoms with Crippen molar-refractivity contribution in [1.82, 2.24) is 5.32 Å². The minimum Gasteiger partial charge on any atom is -0.476 e. The van der Waals surface area contributed by atoms with Crippen molar-refractivity contribution >= 4 is 17.7 Å². The molecule has 1 amide bonds. The maximum Gasteiger partial charge on any atom is 0.358 e. The number of carbonyl (C=O) groups excluding carboxylic acids is 1. The highest BCUT2D eigenvalue weighted by atomic mass is 16.4. The summed E-state index contributed by atoms with van der Waals surface area (Å²) in [5.74, 6) is -2.94. The van der Waals surface area contributed by atoms with Crippen LogP contribution in [0.3, 0.4) is 0 Å². The number of hydrogen-bond acceptors (Lipinski definition) is 4. The maximum atomic E-state index is 10.4. The van der Waals surface area contributed by atoms with Crippen molar-refractivity contribution in [2.45, 2.75) is 0 Å². The van der Waals surface area contributed by atoms with Crippen molar-refractivity contribution < 1.29 is 14.7 Å². The van der Waals surface area contributed by atoms with Crippen LogP contribution in [-0.2, 0) is 9.59 Å². The molecule has 7 nitrogen and oxygen atoms in total. The molecule has 1 radical (unpaired) electrons. The first-order chi connectivity index (χ1) is 5.52. The number of nitrogens with two attached hydrogens (primary N) is 2. The summed E-state index contributed by atoms with van der Waals surface area (Å²) < 4.78 is 0. The van der Waals surface area contributed by atoms with Crippen LogP contribution in [0.4, 0.5) is 0 Å². The predicted octanol–water partition coefficient (Wildman–Crippen LogP) is -2.30. The number of rotatable bonds is 2. The molecule has 0 aliphatic carbocycles. The summed E-state index contributed by atoms with van der Waals surface area (Å²) in [5.41, 5.74) is 9.45. The van der Waals surface area contributed by atoms with Gasteiger partial charge in [0.15, 0.2) is 11.5 Å². The molecular formula is C5H5N4O3. The smallest absolute Gasteiger partial charge is 0.358 e. The minimum absolute atomic E-state index is 0.309. The average Bonchev–Trinajstić information content (AvgIpc) is 2.30. The van der Waals surface area contributed by atoms with E-state index >= 15 is 0 Å². The van der Waals surface area contributed by atoms with Crippen molar-refractivity contribution in [3.63, 3.8) is 0 Å². The third-order valence-corrected chi connectivity index (χ3v) is 1.11. The van der Waals surface area contributed by atoms with E-state index in [0.29, 0.717) is 0 Å². The fourth-order valence-corrected chi connectivity index (χ4v) is 0.623. The third-order valence-electron chi connectivity index (χ3n) is 1.11. The van der Waals surface area contributed by atoms with E-state index < -0.39 is 17.6 Å². The van der Waals surface area contributed by atoms with E-state index in [1.165, 1.54) is 0 Å². The molecule has 0 aromatic carbocycles. The first-order valence-corrected chi connectivity index (χ1v) is 2.85. The van der Waals surface area contributed by atoms with Crippen LogP contribution < -0.4 is 16.8 Å². The zero-order valence-corrected chi connectivity index (χ0v) is 5.81. The Labute approximate surface area is 66.7 Å². The topological polar surface area (TPSA) is 133 Å². The number of carboxylic acid groups (broad SMARTS) is 1. The van der Waals surface area contributed by atoms with Gasteiger partial charge in [-0.25, -0.2) is 15.1 Å². The number of aliphatic carboxylic acids is 1. The van der Waals surface area contributed by atoms with E-state index in [2.05, 4.69) is 10.3 Å². The molecule has 1 aliphatic heterocycles. The van der Waals surface area contributed by atoms with Gasteiger partial charge in [0.25, 0.3) is 5.91 Å². The number of carbonyl (C=O) groups is 2. The number of aliphatic imine (C=N–C) groups is 1. The van der Waals surface area contributed by atoms with Crippen molar-refractivity contribution in [3.8, 4) is 0 Å². The second-order valence-corrected chi connectivity index (χ2v) is 1.95. The molecule has 0 aromatic heterocycles. The van der Waals surface area contributed by atoms with Gasteiger partial charge in [0, 0.05) is 0 Å². The van der Waals surface area contributed by atoms with Gasteiger partial charge < -0.3 is 16.6 Å². The molecule has 1 aliphatic rings. The van der Waals surface area contributed by atoms with Crippen LogP contribution in [-0.4, -0.2) is 22.8 Å². The van der Waals surface area contributed by atoms with Gasteiger partial charge in [-0.2, -0.15) is 0 Å². The molecule has 5 N–H and O–H groups in total. The van der Waals surface area contributed by atoms with Crippen LogP contribution in [0.25, 0.3) is 0 Å². The second-order valence-electron chi connectivity index (χ2n) is 1.95. The highest BCUT2D eigenvalue weighted by molar-refractivity contribution is 6.39. The molecule has 0 saturated carbocycles. The zero-order chi connectivity index (χ0) is 9.30. The lowest BCUT2D eigenvalue weighted by molar-refractivity contribution is -0.132. The number of carboxylic acids is 1. The Morgan fingerprint density at radius 1 is 1.42 bits per heavy atom. The largest absolute Gasteiger partial charge is 0.476 e. The SMILES string of the molecule is NC(=O)C1=NC(N)=C(C(=O)O)[N]1. The molecule has 0 saturated heterocycles. The first-order valence-electron chi connectivity index (χ1n) is 2.85. The number of amides is 1. The fourth-order valence-electron chi connectivity index (χ4n) is 0.623. The molecule has 0 spiro atoms. The molecule has 7 heteroatoms. The lowest BCUT2D eigenvalue weighted by atomic mass is 10.4. The molecule has 63 valence electrons. The molecule has 0 bridgehead atoms. The summed E-state index contributed by atoms with van der Waals surface area (Å²) in [5, 5.41) is 11.7. The molecule has 0 atom stereocenters. The minimum atomic E-state index is -1.34. The van der Waals surface area contributed by atoms with Gasteiger partial charge in [-0.15, -0.1) is 0 Å². The van der Waals surface area contributed by atoms with Crippen LogP contribution in [0.15, 0.2) is 16.5 Å². The van der Waals surface area contributed by atoms with Gasteiger partial charge in [-0.3, -0.25) is 4.79 Å². The number of hydrogen-bond donors (Lipinski definition) is 3. The molecule has 0 unspecified atom stereocenters. The maximum absolute atomic E-state index is 10.4.